The van der Waals surface area contributed by atoms with Gasteiger partial charge in [0, 0.05) is 19.3 Å². The second kappa shape index (κ2) is 23.3. The Balaban J connectivity index is 1.28. The number of allylic oxidation sites excluding steroid dienone is 4. The topological polar surface area (TPSA) is 82.1 Å². The largest absolute Gasteiger partial charge is 0.465 e. The van der Waals surface area contributed by atoms with Gasteiger partial charge in [-0.3, -0.25) is 14.4 Å². The first kappa shape index (κ1) is 40.3. The molecule has 0 aromatic heterocycles. The van der Waals surface area contributed by atoms with Crippen LogP contribution in [0.3, 0.4) is 0 Å². The van der Waals surface area contributed by atoms with Crippen LogP contribution >= 0.6 is 0 Å². The average Bonchev–Trinajstić information content (AvgIpc) is 3.04. The minimum absolute atomic E-state index is 0.0834. The zero-order valence-corrected chi connectivity index (χ0v) is 30.9. The maximum Gasteiger partial charge on any atom is 0.305 e. The fraction of sp³-hybridized carbons (Fsp3) is 0.829. The maximum atomic E-state index is 12.8. The molecule has 0 saturated heterocycles. The first-order chi connectivity index (χ1) is 23.3. The van der Waals surface area contributed by atoms with E-state index in [2.05, 4.69) is 31.2 Å². The second-order valence-electron chi connectivity index (χ2n) is 15.7. The smallest absolute Gasteiger partial charge is 0.305 e. The predicted octanol–water partition coefficient (Wildman–Crippen LogP) is 9.38. The Bertz CT molecular complexity index is 952. The van der Waals surface area contributed by atoms with Crippen LogP contribution in [0.15, 0.2) is 24.3 Å². The molecular formula is C41H69NO6. The molecule has 274 valence electrons. The molecule has 0 aromatic carbocycles. The van der Waals surface area contributed by atoms with E-state index in [0.717, 1.165) is 69.2 Å². The minimum Gasteiger partial charge on any atom is -0.465 e. The van der Waals surface area contributed by atoms with Gasteiger partial charge in [-0.15, -0.1) is 0 Å². The van der Waals surface area contributed by atoms with Crippen molar-refractivity contribution in [1.82, 2.24) is 4.90 Å². The van der Waals surface area contributed by atoms with Crippen LogP contribution in [0.25, 0.3) is 0 Å². The molecule has 4 fully saturated rings. The van der Waals surface area contributed by atoms with E-state index in [-0.39, 0.29) is 43.6 Å². The normalized spacial score (nSPS) is 23.7. The third-order valence-corrected chi connectivity index (χ3v) is 10.8. The lowest BCUT2D eigenvalue weighted by molar-refractivity contribution is -0.154. The van der Waals surface area contributed by atoms with Crippen molar-refractivity contribution < 1.29 is 28.6 Å². The van der Waals surface area contributed by atoms with Gasteiger partial charge >= 0.3 is 17.9 Å². The van der Waals surface area contributed by atoms with Gasteiger partial charge in [0.05, 0.1) is 5.92 Å². The molecule has 4 saturated carbocycles. The molecule has 48 heavy (non-hydrogen) atoms. The Morgan fingerprint density at radius 1 is 0.646 bits per heavy atom. The SMILES string of the molecule is CCCCC/C=C\C/C=C\CCCCCCCC(=O)OCC(COC(=O)CCCN(C)C)COC(=O)CCC12CC3CC(CC(C3)C1)C2. The zero-order valence-electron chi connectivity index (χ0n) is 30.9. The number of hydrogen-bond donors (Lipinski definition) is 0. The standard InChI is InChI=1S/C41H69NO6/c1-4-5-6-7-8-9-10-11-12-13-14-15-16-17-18-20-38(43)46-31-37(32-47-39(44)21-19-24-42(2)3)33-48-40(45)22-23-41-28-34-25-35(29-41)27-36(26-34)30-41/h8-9,11-12,34-37H,4-7,10,13-33H2,1-3H3/b9-8-,12-11-. The Hall–Kier alpha value is -2.15. The molecule has 1 atom stereocenters. The molecule has 7 heteroatoms. The van der Waals surface area contributed by atoms with Crippen molar-refractivity contribution in [3.8, 4) is 0 Å². The van der Waals surface area contributed by atoms with Crippen molar-refractivity contribution in [2.75, 3.05) is 40.5 Å². The Morgan fingerprint density at radius 2 is 1.12 bits per heavy atom. The number of ether oxygens (including phenoxy) is 3. The zero-order chi connectivity index (χ0) is 34.5. The molecule has 0 aliphatic heterocycles. The fourth-order valence-corrected chi connectivity index (χ4v) is 8.58. The van der Waals surface area contributed by atoms with E-state index in [9.17, 15) is 14.4 Å². The van der Waals surface area contributed by atoms with Crippen LogP contribution in [0.4, 0.5) is 0 Å². The van der Waals surface area contributed by atoms with E-state index >= 15 is 0 Å². The van der Waals surface area contributed by atoms with Gasteiger partial charge in [0.25, 0.3) is 0 Å². The summed E-state index contributed by atoms with van der Waals surface area (Å²) in [5, 5.41) is 0. The van der Waals surface area contributed by atoms with E-state index in [1.54, 1.807) is 0 Å². The van der Waals surface area contributed by atoms with Crippen molar-refractivity contribution in [2.24, 2.45) is 29.1 Å². The summed E-state index contributed by atoms with van der Waals surface area (Å²) in [6.45, 7) is 3.32. The molecule has 0 amide bonds. The summed E-state index contributed by atoms with van der Waals surface area (Å²) in [4.78, 5) is 39.7. The summed E-state index contributed by atoms with van der Waals surface area (Å²) >= 11 is 0. The van der Waals surface area contributed by atoms with Gasteiger partial charge < -0.3 is 19.1 Å². The van der Waals surface area contributed by atoms with Crippen LogP contribution < -0.4 is 0 Å². The predicted molar refractivity (Wildman–Crippen MR) is 193 cm³/mol. The van der Waals surface area contributed by atoms with E-state index in [4.69, 9.17) is 14.2 Å². The summed E-state index contributed by atoms with van der Waals surface area (Å²) in [6, 6.07) is 0. The van der Waals surface area contributed by atoms with Gasteiger partial charge in [-0.25, -0.2) is 0 Å². The Morgan fingerprint density at radius 3 is 1.67 bits per heavy atom. The third kappa shape index (κ3) is 17.0. The Labute approximate surface area is 293 Å². The maximum absolute atomic E-state index is 12.8. The van der Waals surface area contributed by atoms with Crippen LogP contribution in [0.2, 0.25) is 0 Å². The highest BCUT2D eigenvalue weighted by molar-refractivity contribution is 5.70. The van der Waals surface area contributed by atoms with Crippen LogP contribution in [0, 0.1) is 29.1 Å². The average molecular weight is 672 g/mol. The molecule has 4 aliphatic rings. The molecule has 7 nitrogen and oxygen atoms in total. The summed E-state index contributed by atoms with van der Waals surface area (Å²) in [6.07, 6.45) is 32.4. The highest BCUT2D eigenvalue weighted by Crippen LogP contribution is 2.61. The molecule has 0 aromatic rings. The lowest BCUT2D eigenvalue weighted by Crippen LogP contribution is -2.46. The van der Waals surface area contributed by atoms with E-state index in [1.807, 2.05) is 19.0 Å². The molecule has 0 heterocycles. The number of rotatable bonds is 27. The first-order valence-electron chi connectivity index (χ1n) is 19.7. The van der Waals surface area contributed by atoms with E-state index in [0.29, 0.717) is 24.7 Å². The minimum atomic E-state index is -0.361. The van der Waals surface area contributed by atoms with Crippen LogP contribution in [0.5, 0.6) is 0 Å². The van der Waals surface area contributed by atoms with Gasteiger partial charge in [-0.05, 0) is 134 Å². The molecule has 4 bridgehead atoms. The molecular weight excluding hydrogens is 602 g/mol. The molecule has 0 N–H and O–H groups in total. The van der Waals surface area contributed by atoms with Crippen molar-refractivity contribution in [3.05, 3.63) is 24.3 Å². The molecule has 0 spiro atoms. The van der Waals surface area contributed by atoms with Crippen LogP contribution in [0.1, 0.15) is 148 Å². The number of carbonyl (C=O) groups is 3. The summed E-state index contributed by atoms with van der Waals surface area (Å²) in [5.41, 5.74) is 0.340. The van der Waals surface area contributed by atoms with Gasteiger partial charge in [-0.2, -0.15) is 0 Å². The molecule has 0 radical (unpaired) electrons. The first-order valence-corrected chi connectivity index (χ1v) is 19.7. The van der Waals surface area contributed by atoms with E-state index < -0.39 is 0 Å². The summed E-state index contributed by atoms with van der Waals surface area (Å²) in [5.74, 6) is 1.53. The quantitative estimate of drug-likeness (QED) is 0.0372. The van der Waals surface area contributed by atoms with Gasteiger partial charge in [0.2, 0.25) is 0 Å². The number of nitrogens with zero attached hydrogens (tertiary/aromatic N) is 1. The number of unbranched alkanes of at least 4 members (excludes halogenated alkanes) is 8. The van der Waals surface area contributed by atoms with Crippen LogP contribution in [-0.2, 0) is 28.6 Å². The van der Waals surface area contributed by atoms with Crippen molar-refractivity contribution in [3.63, 3.8) is 0 Å². The summed E-state index contributed by atoms with van der Waals surface area (Å²) < 4.78 is 16.8. The van der Waals surface area contributed by atoms with Crippen molar-refractivity contribution in [2.45, 2.75) is 148 Å². The van der Waals surface area contributed by atoms with Gasteiger partial charge in [-0.1, -0.05) is 63.3 Å². The van der Waals surface area contributed by atoms with Crippen LogP contribution in [-0.4, -0.2) is 63.3 Å². The summed E-state index contributed by atoms with van der Waals surface area (Å²) in [7, 11) is 3.95. The molecule has 4 aliphatic carbocycles. The third-order valence-electron chi connectivity index (χ3n) is 10.8. The molecule has 4 rings (SSSR count). The Kier molecular flexibility index (Phi) is 19.5. The molecule has 1 unspecified atom stereocenters. The lowest BCUT2D eigenvalue weighted by Gasteiger charge is -2.57. The van der Waals surface area contributed by atoms with Crippen molar-refractivity contribution in [1.29, 1.82) is 0 Å². The highest BCUT2D eigenvalue weighted by atomic mass is 16.6. The lowest BCUT2D eigenvalue weighted by atomic mass is 9.48. The van der Waals surface area contributed by atoms with Gasteiger partial charge in [0.1, 0.15) is 19.8 Å². The van der Waals surface area contributed by atoms with Gasteiger partial charge in [0.15, 0.2) is 0 Å². The van der Waals surface area contributed by atoms with E-state index in [1.165, 1.54) is 77.0 Å². The number of carbonyl (C=O) groups excluding carboxylic acids is 3. The monoisotopic (exact) mass is 672 g/mol. The highest BCUT2D eigenvalue weighted by Gasteiger charge is 2.50. The fourth-order valence-electron chi connectivity index (χ4n) is 8.58. The van der Waals surface area contributed by atoms with Crippen molar-refractivity contribution >= 4 is 17.9 Å². The number of hydrogen-bond acceptors (Lipinski definition) is 7. The number of esters is 3. The second-order valence-corrected chi connectivity index (χ2v) is 15.7.